The normalized spacial score (nSPS) is 14.9. The second-order valence-electron chi connectivity index (χ2n) is 9.82. The average molecular weight is 422 g/mol. The number of carboxylic acids is 1. The van der Waals surface area contributed by atoms with Gasteiger partial charge in [-0.05, 0) is 45.1 Å². The number of carbonyl (C=O) groups excluding carboxylic acids is 2. The summed E-state index contributed by atoms with van der Waals surface area (Å²) in [7, 11) is 1.36. The zero-order chi connectivity index (χ0) is 23.3. The highest BCUT2D eigenvalue weighted by Crippen LogP contribution is 2.38. The average Bonchev–Trinajstić information content (AvgIpc) is 2.61. The fraction of sp³-hybridized carbons (Fsp3) is 0.609. The molecule has 0 fully saturated rings. The van der Waals surface area contributed by atoms with Gasteiger partial charge in [0.1, 0.15) is 12.2 Å². The zero-order valence-electron chi connectivity index (χ0n) is 19.3. The Bertz CT molecular complexity index is 747. The van der Waals surface area contributed by atoms with Crippen molar-refractivity contribution in [1.29, 1.82) is 0 Å². The Morgan fingerprint density at radius 2 is 1.57 bits per heavy atom. The summed E-state index contributed by atoms with van der Waals surface area (Å²) in [6.07, 6.45) is -0.774. The second-order valence-corrected chi connectivity index (χ2v) is 9.82. The van der Waals surface area contributed by atoms with Gasteiger partial charge >= 0.3 is 18.0 Å². The molecule has 7 nitrogen and oxygen atoms in total. The van der Waals surface area contributed by atoms with Gasteiger partial charge in [-0.2, -0.15) is 0 Å². The lowest BCUT2D eigenvalue weighted by Gasteiger charge is -2.44. The molecule has 1 rings (SSSR count). The predicted octanol–water partition coefficient (Wildman–Crippen LogP) is 4.49. The summed E-state index contributed by atoms with van der Waals surface area (Å²) in [6, 6.07) is 9.12. The van der Waals surface area contributed by atoms with Crippen LogP contribution in [0.2, 0.25) is 0 Å². The maximum absolute atomic E-state index is 12.9. The molecule has 0 aliphatic rings. The van der Waals surface area contributed by atoms with Crippen LogP contribution in [-0.2, 0) is 25.7 Å². The van der Waals surface area contributed by atoms with E-state index in [0.29, 0.717) is 0 Å². The molecule has 0 heterocycles. The van der Waals surface area contributed by atoms with E-state index < -0.39 is 40.5 Å². The van der Waals surface area contributed by atoms with Crippen molar-refractivity contribution in [2.75, 3.05) is 7.05 Å². The topological polar surface area (TPSA) is 93.1 Å². The fourth-order valence-electron chi connectivity index (χ4n) is 3.32. The van der Waals surface area contributed by atoms with E-state index in [2.05, 4.69) is 0 Å². The summed E-state index contributed by atoms with van der Waals surface area (Å²) in [5.41, 5.74) is -2.36. The third-order valence-electron chi connectivity index (χ3n) is 4.73. The van der Waals surface area contributed by atoms with Gasteiger partial charge in [0.15, 0.2) is 5.54 Å². The molecular weight excluding hydrogens is 386 g/mol. The highest BCUT2D eigenvalue weighted by Gasteiger charge is 2.55. The van der Waals surface area contributed by atoms with Crippen LogP contribution in [0.1, 0.15) is 60.5 Å². The van der Waals surface area contributed by atoms with Crippen molar-refractivity contribution in [3.8, 4) is 0 Å². The van der Waals surface area contributed by atoms with Gasteiger partial charge in [0.25, 0.3) is 0 Å². The maximum atomic E-state index is 12.9. The van der Waals surface area contributed by atoms with E-state index in [1.807, 2.05) is 51.1 Å². The summed E-state index contributed by atoms with van der Waals surface area (Å²) in [5, 5.41) is 10.3. The molecule has 0 aromatic heterocycles. The van der Waals surface area contributed by atoms with Gasteiger partial charge in [-0.1, -0.05) is 51.1 Å². The van der Waals surface area contributed by atoms with Crippen LogP contribution in [0.3, 0.4) is 0 Å². The van der Waals surface area contributed by atoms with Crippen LogP contribution in [0, 0.1) is 11.3 Å². The van der Waals surface area contributed by atoms with E-state index in [4.69, 9.17) is 9.47 Å². The Hall–Kier alpha value is -2.57. The van der Waals surface area contributed by atoms with E-state index in [1.165, 1.54) is 14.0 Å². The number of benzene rings is 1. The van der Waals surface area contributed by atoms with E-state index in [-0.39, 0.29) is 13.0 Å². The van der Waals surface area contributed by atoms with Gasteiger partial charge < -0.3 is 14.6 Å². The van der Waals surface area contributed by atoms with Crippen molar-refractivity contribution < 1.29 is 29.0 Å². The molecule has 0 saturated carbocycles. The van der Waals surface area contributed by atoms with Gasteiger partial charge in [-0.25, -0.2) is 9.59 Å². The first-order valence-corrected chi connectivity index (χ1v) is 10.0. The van der Waals surface area contributed by atoms with Crippen molar-refractivity contribution in [2.24, 2.45) is 11.3 Å². The van der Waals surface area contributed by atoms with Crippen LogP contribution in [0.4, 0.5) is 4.79 Å². The van der Waals surface area contributed by atoms with E-state index in [1.54, 1.807) is 20.8 Å². The minimum absolute atomic E-state index is 0.0192. The Labute approximate surface area is 179 Å². The van der Waals surface area contributed by atoms with Crippen LogP contribution < -0.4 is 0 Å². The standard InChI is InChI=1S/C23H35NO6/c1-16(18(25)29-14-17-12-10-9-11-13-17)23(19(26)27,15-21(2,3)4)24(8)20(28)30-22(5,6)7/h9-13,16H,14-15H2,1-8H3,(H,26,27)/t16-,23-/m0/s1. The Morgan fingerprint density at radius 3 is 2.00 bits per heavy atom. The summed E-state index contributed by atoms with van der Waals surface area (Å²) in [4.78, 5) is 39.3. The number of hydrogen-bond acceptors (Lipinski definition) is 5. The number of amides is 1. The molecular formula is C23H35NO6. The highest BCUT2D eigenvalue weighted by atomic mass is 16.6. The van der Waals surface area contributed by atoms with Gasteiger partial charge in [-0.15, -0.1) is 0 Å². The van der Waals surface area contributed by atoms with Crippen molar-refractivity contribution >= 4 is 18.0 Å². The molecule has 30 heavy (non-hydrogen) atoms. The molecule has 0 bridgehead atoms. The Balaban J connectivity index is 3.27. The number of likely N-dealkylation sites (N-methyl/N-ethyl adjacent to an activating group) is 1. The van der Waals surface area contributed by atoms with Crippen molar-refractivity contribution in [3.05, 3.63) is 35.9 Å². The number of ether oxygens (including phenoxy) is 2. The van der Waals surface area contributed by atoms with Crippen molar-refractivity contribution in [2.45, 2.75) is 72.6 Å². The molecule has 168 valence electrons. The Kier molecular flexibility index (Phi) is 8.06. The summed E-state index contributed by atoms with van der Waals surface area (Å²) in [5.74, 6) is -3.11. The first kappa shape index (κ1) is 25.5. The van der Waals surface area contributed by atoms with Crippen molar-refractivity contribution in [1.82, 2.24) is 4.90 Å². The number of carboxylic acid groups (broad SMARTS) is 1. The molecule has 0 aliphatic heterocycles. The molecule has 0 radical (unpaired) electrons. The number of carbonyl (C=O) groups is 3. The molecule has 0 unspecified atom stereocenters. The van der Waals surface area contributed by atoms with Gasteiger partial charge in [0.2, 0.25) is 0 Å². The van der Waals surface area contributed by atoms with Crippen LogP contribution in [-0.4, -0.2) is 46.2 Å². The molecule has 7 heteroatoms. The number of esters is 1. The van der Waals surface area contributed by atoms with Crippen LogP contribution in [0.25, 0.3) is 0 Å². The lowest BCUT2D eigenvalue weighted by Crippen LogP contribution is -2.63. The fourth-order valence-corrected chi connectivity index (χ4v) is 3.32. The zero-order valence-corrected chi connectivity index (χ0v) is 19.3. The smallest absolute Gasteiger partial charge is 0.411 e. The quantitative estimate of drug-likeness (QED) is 0.652. The van der Waals surface area contributed by atoms with Crippen LogP contribution in [0.15, 0.2) is 30.3 Å². The number of aliphatic carboxylic acids is 1. The maximum Gasteiger partial charge on any atom is 0.411 e. The van der Waals surface area contributed by atoms with Gasteiger partial charge in [-0.3, -0.25) is 9.69 Å². The number of rotatable bonds is 7. The highest BCUT2D eigenvalue weighted by molar-refractivity contribution is 5.91. The molecule has 1 amide bonds. The third kappa shape index (κ3) is 6.75. The third-order valence-corrected chi connectivity index (χ3v) is 4.73. The summed E-state index contributed by atoms with van der Waals surface area (Å²) < 4.78 is 10.8. The van der Waals surface area contributed by atoms with Gasteiger partial charge in [0, 0.05) is 7.05 Å². The van der Waals surface area contributed by atoms with E-state index in [9.17, 15) is 19.5 Å². The molecule has 0 aliphatic carbocycles. The lowest BCUT2D eigenvalue weighted by atomic mass is 9.72. The number of nitrogens with zero attached hydrogens (tertiary/aromatic N) is 1. The first-order valence-electron chi connectivity index (χ1n) is 10.0. The largest absolute Gasteiger partial charge is 0.479 e. The molecule has 1 aromatic rings. The minimum Gasteiger partial charge on any atom is -0.479 e. The lowest BCUT2D eigenvalue weighted by molar-refractivity contribution is -0.169. The summed E-state index contributed by atoms with van der Waals surface area (Å²) >= 11 is 0. The van der Waals surface area contributed by atoms with Crippen LogP contribution >= 0.6 is 0 Å². The molecule has 1 aromatic carbocycles. The van der Waals surface area contributed by atoms with Crippen molar-refractivity contribution in [3.63, 3.8) is 0 Å². The van der Waals surface area contributed by atoms with E-state index >= 15 is 0 Å². The molecule has 2 atom stereocenters. The molecule has 0 saturated heterocycles. The second kappa shape index (κ2) is 9.49. The molecule has 1 N–H and O–H groups in total. The van der Waals surface area contributed by atoms with Gasteiger partial charge in [0.05, 0.1) is 5.92 Å². The number of hydrogen-bond donors (Lipinski definition) is 1. The first-order chi connectivity index (χ1) is 13.6. The predicted molar refractivity (Wildman–Crippen MR) is 114 cm³/mol. The van der Waals surface area contributed by atoms with Crippen LogP contribution in [0.5, 0.6) is 0 Å². The monoisotopic (exact) mass is 421 g/mol. The summed E-state index contributed by atoms with van der Waals surface area (Å²) in [6.45, 7) is 12.2. The molecule has 0 spiro atoms. The SMILES string of the molecule is C[C@@H](C(=O)OCc1ccccc1)[C@@](CC(C)(C)C)(C(=O)O)N(C)C(=O)OC(C)(C)C. The minimum atomic E-state index is -1.84. The Morgan fingerprint density at radius 1 is 1.03 bits per heavy atom. The van der Waals surface area contributed by atoms with E-state index in [0.717, 1.165) is 10.5 Å².